The van der Waals surface area contributed by atoms with Gasteiger partial charge in [-0.15, -0.1) is 0 Å². The minimum absolute atomic E-state index is 0.136. The first-order chi connectivity index (χ1) is 14.1. The van der Waals surface area contributed by atoms with Crippen molar-refractivity contribution in [2.24, 2.45) is 11.8 Å². The summed E-state index contributed by atoms with van der Waals surface area (Å²) in [5.41, 5.74) is 7.96. The van der Waals surface area contributed by atoms with Crippen LogP contribution in [0.5, 0.6) is 0 Å². The smallest absolute Gasteiger partial charge is 0.222 e. The average molecular weight is 396 g/mol. The summed E-state index contributed by atoms with van der Waals surface area (Å²) in [6.07, 6.45) is 6.05. The Labute approximate surface area is 172 Å². The van der Waals surface area contributed by atoms with Crippen molar-refractivity contribution in [1.82, 2.24) is 14.9 Å². The van der Waals surface area contributed by atoms with Gasteiger partial charge in [-0.05, 0) is 68.7 Å². The summed E-state index contributed by atoms with van der Waals surface area (Å²) in [5.74, 6) is 2.39. The molecule has 5 rings (SSSR count). The van der Waals surface area contributed by atoms with Crippen LogP contribution in [0, 0.1) is 24.6 Å². The molecule has 1 aromatic carbocycles. The second kappa shape index (κ2) is 7.56. The molecule has 5 nitrogen and oxygen atoms in total. The SMILES string of the molecule is Cc1cc(N2C[C@H]3C[C@@H](C2)[C@H](Cc2cccc(F)c2)N2CCCC[C@@H]32)nc(N)n1. The Morgan fingerprint density at radius 3 is 2.83 bits per heavy atom. The number of rotatable bonds is 3. The molecule has 1 aromatic heterocycles. The van der Waals surface area contributed by atoms with Crippen LogP contribution in [0.3, 0.4) is 0 Å². The molecule has 0 radical (unpaired) electrons. The van der Waals surface area contributed by atoms with E-state index in [1.54, 1.807) is 6.07 Å². The molecule has 2 aromatic rings. The summed E-state index contributed by atoms with van der Waals surface area (Å²) >= 11 is 0. The van der Waals surface area contributed by atoms with Crippen LogP contribution in [-0.4, -0.2) is 46.6 Å². The van der Waals surface area contributed by atoms with E-state index in [1.165, 1.54) is 38.3 Å². The molecule has 0 saturated carbocycles. The van der Waals surface area contributed by atoms with Crippen LogP contribution in [0.1, 0.15) is 36.9 Å². The number of nitrogen functional groups attached to an aromatic ring is 1. The minimum Gasteiger partial charge on any atom is -0.368 e. The topological polar surface area (TPSA) is 58.3 Å². The summed E-state index contributed by atoms with van der Waals surface area (Å²) in [7, 11) is 0. The molecular weight excluding hydrogens is 365 g/mol. The van der Waals surface area contributed by atoms with Gasteiger partial charge in [0.1, 0.15) is 11.6 Å². The van der Waals surface area contributed by atoms with Crippen molar-refractivity contribution in [1.29, 1.82) is 0 Å². The molecule has 29 heavy (non-hydrogen) atoms. The summed E-state index contributed by atoms with van der Waals surface area (Å²) in [6, 6.07) is 10.3. The van der Waals surface area contributed by atoms with Gasteiger partial charge in [0, 0.05) is 36.9 Å². The molecule has 3 saturated heterocycles. The molecule has 0 unspecified atom stereocenters. The number of fused-ring (bicyclic) bond motifs is 4. The van der Waals surface area contributed by atoms with Crippen molar-refractivity contribution in [3.63, 3.8) is 0 Å². The van der Waals surface area contributed by atoms with E-state index >= 15 is 0 Å². The molecule has 2 bridgehead atoms. The lowest BCUT2D eigenvalue weighted by Gasteiger charge is -2.57. The standard InChI is InChI=1S/C23H30FN5/c1-15-9-22(27-23(25)26-15)28-13-17-12-18(14-28)21(29-8-3-2-7-20(17)29)11-16-5-4-6-19(24)10-16/h4-6,9-10,17-18,20-21H,2-3,7-8,11-14H2,1H3,(H2,25,26,27)/t17-,18+,20+,21+/m1/s1. The first-order valence-corrected chi connectivity index (χ1v) is 10.9. The zero-order chi connectivity index (χ0) is 20.0. The minimum atomic E-state index is -0.136. The average Bonchev–Trinajstić information content (AvgIpc) is 2.70. The van der Waals surface area contributed by atoms with E-state index in [9.17, 15) is 4.39 Å². The molecule has 4 atom stereocenters. The Morgan fingerprint density at radius 2 is 2.00 bits per heavy atom. The lowest BCUT2D eigenvalue weighted by Crippen LogP contribution is -2.64. The van der Waals surface area contributed by atoms with E-state index in [2.05, 4.69) is 31.9 Å². The predicted molar refractivity (Wildman–Crippen MR) is 113 cm³/mol. The van der Waals surface area contributed by atoms with Gasteiger partial charge in [0.2, 0.25) is 5.95 Å². The maximum absolute atomic E-state index is 13.8. The van der Waals surface area contributed by atoms with Crippen LogP contribution in [-0.2, 0) is 6.42 Å². The van der Waals surface area contributed by atoms with Gasteiger partial charge in [-0.25, -0.2) is 9.37 Å². The summed E-state index contributed by atoms with van der Waals surface area (Å²) in [5, 5.41) is 0. The molecule has 2 N–H and O–H groups in total. The largest absolute Gasteiger partial charge is 0.368 e. The number of benzene rings is 1. The van der Waals surface area contributed by atoms with Gasteiger partial charge in [0.25, 0.3) is 0 Å². The van der Waals surface area contributed by atoms with Crippen molar-refractivity contribution in [3.05, 3.63) is 47.4 Å². The van der Waals surface area contributed by atoms with Gasteiger partial charge in [0.15, 0.2) is 0 Å². The Bertz CT molecular complexity index is 867. The molecular formula is C23H30FN5. The highest BCUT2D eigenvalue weighted by Gasteiger charge is 2.47. The van der Waals surface area contributed by atoms with Crippen molar-refractivity contribution in [2.45, 2.75) is 51.1 Å². The molecule has 0 aliphatic carbocycles. The van der Waals surface area contributed by atoms with Gasteiger partial charge < -0.3 is 10.6 Å². The number of nitrogens with zero attached hydrogens (tertiary/aromatic N) is 4. The fourth-order valence-corrected chi connectivity index (χ4v) is 6.02. The van der Waals surface area contributed by atoms with Crippen molar-refractivity contribution < 1.29 is 4.39 Å². The molecule has 4 heterocycles. The first-order valence-electron chi connectivity index (χ1n) is 10.9. The van der Waals surface area contributed by atoms with E-state index in [4.69, 9.17) is 5.73 Å². The second-order valence-corrected chi connectivity index (χ2v) is 9.09. The summed E-state index contributed by atoms with van der Waals surface area (Å²) in [4.78, 5) is 14.0. The number of halogens is 1. The van der Waals surface area contributed by atoms with Gasteiger partial charge >= 0.3 is 0 Å². The molecule has 0 amide bonds. The lowest BCUT2D eigenvalue weighted by molar-refractivity contribution is -0.0318. The Balaban J connectivity index is 1.45. The van der Waals surface area contributed by atoms with Crippen LogP contribution in [0.15, 0.2) is 30.3 Å². The van der Waals surface area contributed by atoms with E-state index in [-0.39, 0.29) is 5.82 Å². The highest BCUT2D eigenvalue weighted by Crippen LogP contribution is 2.43. The third-order valence-electron chi connectivity index (χ3n) is 7.14. The van der Waals surface area contributed by atoms with Crippen LogP contribution < -0.4 is 10.6 Å². The Kier molecular flexibility index (Phi) is 4.90. The number of hydrogen-bond acceptors (Lipinski definition) is 5. The van der Waals surface area contributed by atoms with Crippen molar-refractivity contribution in [3.8, 4) is 0 Å². The molecule has 154 valence electrons. The number of nitrogens with two attached hydrogens (primary N) is 1. The monoisotopic (exact) mass is 395 g/mol. The maximum Gasteiger partial charge on any atom is 0.222 e. The van der Waals surface area contributed by atoms with Crippen LogP contribution in [0.25, 0.3) is 0 Å². The maximum atomic E-state index is 13.8. The van der Waals surface area contributed by atoms with E-state index < -0.39 is 0 Å². The predicted octanol–water partition coefficient (Wildman–Crippen LogP) is 3.43. The normalized spacial score (nSPS) is 29.5. The number of hydrogen-bond donors (Lipinski definition) is 1. The van der Waals surface area contributed by atoms with Crippen molar-refractivity contribution >= 4 is 11.8 Å². The second-order valence-electron chi connectivity index (χ2n) is 9.09. The molecule has 3 aliphatic rings. The highest BCUT2D eigenvalue weighted by atomic mass is 19.1. The highest BCUT2D eigenvalue weighted by molar-refractivity contribution is 5.44. The number of anilines is 2. The zero-order valence-corrected chi connectivity index (χ0v) is 17.1. The lowest BCUT2D eigenvalue weighted by atomic mass is 9.71. The van der Waals surface area contributed by atoms with Crippen LogP contribution >= 0.6 is 0 Å². The zero-order valence-electron chi connectivity index (χ0n) is 17.1. The summed E-state index contributed by atoms with van der Waals surface area (Å²) < 4.78 is 13.8. The van der Waals surface area contributed by atoms with Gasteiger partial charge in [-0.3, -0.25) is 4.90 Å². The fourth-order valence-electron chi connectivity index (χ4n) is 6.02. The van der Waals surface area contributed by atoms with E-state index in [0.717, 1.165) is 36.6 Å². The fraction of sp³-hybridized carbons (Fsp3) is 0.565. The molecule has 0 spiro atoms. The van der Waals surface area contributed by atoms with Gasteiger partial charge in [-0.2, -0.15) is 4.98 Å². The third kappa shape index (κ3) is 3.70. The molecule has 3 fully saturated rings. The Hall–Kier alpha value is -2.21. The Morgan fingerprint density at radius 1 is 1.14 bits per heavy atom. The van der Waals surface area contributed by atoms with Gasteiger partial charge in [0.05, 0.1) is 0 Å². The van der Waals surface area contributed by atoms with E-state index in [0.29, 0.717) is 29.9 Å². The van der Waals surface area contributed by atoms with E-state index in [1.807, 2.05) is 13.0 Å². The number of piperidine rings is 3. The number of aromatic nitrogens is 2. The molecule has 6 heteroatoms. The number of aryl methyl sites for hydroxylation is 1. The van der Waals surface area contributed by atoms with Gasteiger partial charge in [-0.1, -0.05) is 18.6 Å². The quantitative estimate of drug-likeness (QED) is 0.863. The summed E-state index contributed by atoms with van der Waals surface area (Å²) in [6.45, 7) is 5.18. The van der Waals surface area contributed by atoms with Crippen molar-refractivity contribution in [2.75, 3.05) is 30.3 Å². The third-order valence-corrected chi connectivity index (χ3v) is 7.14. The van der Waals surface area contributed by atoms with Crippen LogP contribution in [0.4, 0.5) is 16.2 Å². The first kappa shape index (κ1) is 18.8. The molecule has 3 aliphatic heterocycles. The van der Waals surface area contributed by atoms with Crippen LogP contribution in [0.2, 0.25) is 0 Å².